The molecule has 0 aliphatic rings. The van der Waals surface area contributed by atoms with Crippen molar-refractivity contribution in [3.8, 4) is 55.6 Å². The number of rotatable bonds is 5. The molecule has 0 saturated carbocycles. The van der Waals surface area contributed by atoms with Crippen LogP contribution in [-0.4, -0.2) is 0 Å². The van der Waals surface area contributed by atoms with E-state index >= 15 is 0 Å². The van der Waals surface area contributed by atoms with Crippen LogP contribution in [0.25, 0.3) is 143 Å². The molecule has 0 amide bonds. The van der Waals surface area contributed by atoms with Crippen LogP contribution in [-0.2, 0) is 0 Å². The first-order chi connectivity index (χ1) is 32.7. The first-order valence-corrected chi connectivity index (χ1v) is 22.6. The normalized spacial score (nSPS) is 11.9. The molecule has 14 rings (SSSR count). The van der Waals surface area contributed by atoms with Crippen LogP contribution in [0.1, 0.15) is 0 Å². The van der Waals surface area contributed by atoms with Crippen molar-refractivity contribution in [3.63, 3.8) is 0 Å². The van der Waals surface area contributed by atoms with E-state index in [1.165, 1.54) is 70.9 Å². The van der Waals surface area contributed by atoms with Gasteiger partial charge >= 0.3 is 0 Å². The van der Waals surface area contributed by atoms with Crippen molar-refractivity contribution < 1.29 is 8.83 Å². The van der Waals surface area contributed by atoms with Crippen molar-refractivity contribution in [2.45, 2.75) is 0 Å². The highest BCUT2D eigenvalue weighted by molar-refractivity contribution is 6.26. The van der Waals surface area contributed by atoms with Crippen LogP contribution in [0.4, 0.5) is 0 Å². The van der Waals surface area contributed by atoms with Crippen LogP contribution < -0.4 is 0 Å². The molecule has 306 valence electrons. The Morgan fingerprint density at radius 3 is 1.09 bits per heavy atom. The van der Waals surface area contributed by atoms with E-state index in [1.807, 2.05) is 12.1 Å². The van der Waals surface area contributed by atoms with Gasteiger partial charge in [-0.15, -0.1) is 0 Å². The summed E-state index contributed by atoms with van der Waals surface area (Å²) in [5.74, 6) is 0. The maximum Gasteiger partial charge on any atom is 0.135 e. The zero-order valence-corrected chi connectivity index (χ0v) is 35.8. The van der Waals surface area contributed by atoms with Crippen LogP contribution in [0.2, 0.25) is 0 Å². The van der Waals surface area contributed by atoms with Gasteiger partial charge < -0.3 is 8.83 Å². The molecular weight excluding hydrogens is 801 g/mol. The van der Waals surface area contributed by atoms with E-state index in [1.54, 1.807) is 0 Å². The summed E-state index contributed by atoms with van der Waals surface area (Å²) in [5, 5.41) is 14.1. The second-order valence-corrected chi connectivity index (χ2v) is 17.5. The van der Waals surface area contributed by atoms with Crippen molar-refractivity contribution in [2.75, 3.05) is 0 Å². The van der Waals surface area contributed by atoms with Crippen molar-refractivity contribution in [1.29, 1.82) is 0 Å². The molecule has 0 bridgehead atoms. The molecule has 0 aliphatic heterocycles. The van der Waals surface area contributed by atoms with Gasteiger partial charge in [0.25, 0.3) is 0 Å². The second kappa shape index (κ2) is 14.4. The Labute approximate surface area is 380 Å². The maximum absolute atomic E-state index is 6.45. The van der Waals surface area contributed by atoms with E-state index in [4.69, 9.17) is 8.83 Å². The van der Waals surface area contributed by atoms with Crippen LogP contribution in [0, 0.1) is 0 Å². The molecule has 2 heteroatoms. The van der Waals surface area contributed by atoms with Gasteiger partial charge in [0.05, 0.1) is 0 Å². The van der Waals surface area contributed by atoms with Gasteiger partial charge in [-0.3, -0.25) is 0 Å². The Balaban J connectivity index is 1.18. The number of hydrogen-bond acceptors (Lipinski definition) is 2. The summed E-state index contributed by atoms with van der Waals surface area (Å²) >= 11 is 0. The molecule has 12 aromatic carbocycles. The molecule has 0 atom stereocenters. The fourth-order valence-electron chi connectivity index (χ4n) is 10.9. The molecule has 14 aromatic rings. The number of fused-ring (bicyclic) bond motifs is 10. The molecule has 0 radical (unpaired) electrons. The summed E-state index contributed by atoms with van der Waals surface area (Å²) < 4.78 is 12.9. The molecule has 2 nitrogen and oxygen atoms in total. The van der Waals surface area contributed by atoms with E-state index in [-0.39, 0.29) is 0 Å². The first-order valence-electron chi connectivity index (χ1n) is 22.6. The average Bonchev–Trinajstić information content (AvgIpc) is 3.95. The average molecular weight is 839 g/mol. The Kier molecular flexibility index (Phi) is 8.02. The van der Waals surface area contributed by atoms with Gasteiger partial charge in [-0.2, -0.15) is 0 Å². The standard InChI is InChI=1S/C64H38O2/c1-3-19-44-39(15-1)17-13-27-46(44)43-37-54(41-31-33-60-56(35-41)47-21-9-11-29-58(47)65-60)64(55(38-43)42-32-34-61-57(36-42)48-22-10-12-30-59(48)66-61)63-52-25-7-5-23-50(52)62(51-24-6-8-26-53(51)63)49-28-14-18-40-16-2-4-20-45(40)49/h1-38H. The quantitative estimate of drug-likeness (QED) is 0.161. The molecule has 0 spiro atoms. The summed E-state index contributed by atoms with van der Waals surface area (Å²) in [5.41, 5.74) is 15.2. The van der Waals surface area contributed by atoms with Gasteiger partial charge in [-0.25, -0.2) is 0 Å². The highest BCUT2D eigenvalue weighted by Gasteiger charge is 2.25. The fourth-order valence-corrected chi connectivity index (χ4v) is 10.9. The molecule has 0 fully saturated rings. The first kappa shape index (κ1) is 36.7. The summed E-state index contributed by atoms with van der Waals surface area (Å²) in [7, 11) is 0. The number of benzene rings is 12. The van der Waals surface area contributed by atoms with Crippen LogP contribution in [0.15, 0.2) is 239 Å². The van der Waals surface area contributed by atoms with E-state index in [0.717, 1.165) is 71.7 Å². The number of para-hydroxylation sites is 2. The number of furan rings is 2. The van der Waals surface area contributed by atoms with E-state index in [2.05, 4.69) is 218 Å². The zero-order chi connectivity index (χ0) is 43.3. The largest absolute Gasteiger partial charge is 0.456 e. The summed E-state index contributed by atoms with van der Waals surface area (Å²) in [6.07, 6.45) is 0. The van der Waals surface area contributed by atoms with Crippen LogP contribution in [0.5, 0.6) is 0 Å². The lowest BCUT2D eigenvalue weighted by Crippen LogP contribution is -1.97. The Morgan fingerprint density at radius 2 is 0.576 bits per heavy atom. The smallest absolute Gasteiger partial charge is 0.135 e. The van der Waals surface area contributed by atoms with Gasteiger partial charge in [0.15, 0.2) is 0 Å². The zero-order valence-electron chi connectivity index (χ0n) is 35.8. The summed E-state index contributed by atoms with van der Waals surface area (Å²) in [4.78, 5) is 0. The third-order valence-corrected chi connectivity index (χ3v) is 13.9. The van der Waals surface area contributed by atoms with Crippen molar-refractivity contribution in [1.82, 2.24) is 0 Å². The van der Waals surface area contributed by atoms with E-state index in [0.29, 0.717) is 0 Å². The van der Waals surface area contributed by atoms with Crippen LogP contribution in [0.3, 0.4) is 0 Å². The molecule has 0 N–H and O–H groups in total. The number of hydrogen-bond donors (Lipinski definition) is 0. The minimum Gasteiger partial charge on any atom is -0.456 e. The van der Waals surface area contributed by atoms with E-state index < -0.39 is 0 Å². The predicted molar refractivity (Wildman–Crippen MR) is 278 cm³/mol. The van der Waals surface area contributed by atoms with Crippen molar-refractivity contribution in [2.24, 2.45) is 0 Å². The molecule has 66 heavy (non-hydrogen) atoms. The van der Waals surface area contributed by atoms with Gasteiger partial charge in [0, 0.05) is 21.5 Å². The van der Waals surface area contributed by atoms with Crippen molar-refractivity contribution >= 4 is 87.0 Å². The second-order valence-electron chi connectivity index (χ2n) is 17.5. The van der Waals surface area contributed by atoms with Crippen LogP contribution >= 0.6 is 0 Å². The monoisotopic (exact) mass is 838 g/mol. The molecular formula is C64H38O2. The summed E-state index contributed by atoms with van der Waals surface area (Å²) in [6.45, 7) is 0. The molecule has 2 heterocycles. The van der Waals surface area contributed by atoms with Gasteiger partial charge in [0.2, 0.25) is 0 Å². The van der Waals surface area contributed by atoms with Crippen molar-refractivity contribution in [3.05, 3.63) is 231 Å². The Morgan fingerprint density at radius 1 is 0.197 bits per heavy atom. The van der Waals surface area contributed by atoms with Gasteiger partial charge in [0.1, 0.15) is 22.3 Å². The third kappa shape index (κ3) is 5.55. The molecule has 0 aliphatic carbocycles. The fraction of sp³-hybridized carbons (Fsp3) is 0. The lowest BCUT2D eigenvalue weighted by Gasteiger charge is -2.24. The Bertz CT molecular complexity index is 4090. The van der Waals surface area contributed by atoms with Gasteiger partial charge in [-0.1, -0.05) is 182 Å². The maximum atomic E-state index is 6.45. The molecule has 0 saturated heterocycles. The Hall–Kier alpha value is -8.72. The lowest BCUT2D eigenvalue weighted by molar-refractivity contribution is 0.668. The highest BCUT2D eigenvalue weighted by atomic mass is 16.3. The minimum absolute atomic E-state index is 0.875. The topological polar surface area (TPSA) is 26.3 Å². The summed E-state index contributed by atoms with van der Waals surface area (Å²) in [6, 6.07) is 84.1. The highest BCUT2D eigenvalue weighted by Crippen LogP contribution is 2.52. The molecule has 2 aromatic heterocycles. The third-order valence-electron chi connectivity index (χ3n) is 13.9. The SMILES string of the molecule is c1ccc2c(-c3cc(-c4ccc5oc6ccccc6c5c4)c(-c4c5ccccc5c(-c5cccc6ccccc56)c5ccccc45)c(-c4ccc5oc6ccccc6c5c4)c3)cccc2c1. The van der Waals surface area contributed by atoms with Gasteiger partial charge in [-0.05, 0) is 147 Å². The predicted octanol–water partition coefficient (Wildman–Crippen LogP) is 18.4. The molecule has 0 unspecified atom stereocenters. The van der Waals surface area contributed by atoms with E-state index in [9.17, 15) is 0 Å². The lowest BCUT2D eigenvalue weighted by atomic mass is 9.79. The minimum atomic E-state index is 0.875.